The number of hydrogen-bond donors (Lipinski definition) is 0. The van der Waals surface area contributed by atoms with Crippen LogP contribution in [0.15, 0.2) is 158 Å². The molecule has 0 saturated heterocycles. The van der Waals surface area contributed by atoms with Crippen LogP contribution in [-0.2, 0) is 0 Å². The van der Waals surface area contributed by atoms with Gasteiger partial charge >= 0.3 is 0 Å². The molecule has 0 radical (unpaired) electrons. The van der Waals surface area contributed by atoms with E-state index in [0.29, 0.717) is 5.82 Å². The molecule has 0 bridgehead atoms. The number of hydrogen-bond acceptors (Lipinski definition) is 7. The molecule has 4 nitrogen and oxygen atoms in total. The van der Waals surface area contributed by atoms with Gasteiger partial charge in [0, 0.05) is 37.4 Å². The molecule has 0 spiro atoms. The summed E-state index contributed by atoms with van der Waals surface area (Å²) in [6, 6.07) is 55.2. The van der Waals surface area contributed by atoms with Crippen LogP contribution in [0.5, 0.6) is 0 Å². The average molecular weight is 707 g/mol. The number of thiophene rings is 1. The van der Waals surface area contributed by atoms with E-state index >= 15 is 0 Å². The maximum absolute atomic E-state index is 5.13. The van der Waals surface area contributed by atoms with Gasteiger partial charge < -0.3 is 0 Å². The van der Waals surface area contributed by atoms with Gasteiger partial charge in [0.1, 0.15) is 10.0 Å². The largest absolute Gasteiger partial charge is 0.236 e. The van der Waals surface area contributed by atoms with Crippen LogP contribution in [0, 0.1) is 0 Å². The van der Waals surface area contributed by atoms with Crippen molar-refractivity contribution in [1.82, 2.24) is 19.9 Å². The summed E-state index contributed by atoms with van der Waals surface area (Å²) < 4.78 is 3.67. The second-order valence-electron chi connectivity index (χ2n) is 12.3. The number of nitrogens with zero attached hydrogens (tertiary/aromatic N) is 4. The normalized spacial score (nSPS) is 11.5. The van der Waals surface area contributed by atoms with Crippen molar-refractivity contribution in [2.45, 2.75) is 0 Å². The lowest BCUT2D eigenvalue weighted by molar-refractivity contribution is 1.18. The first-order chi connectivity index (χ1) is 25.2. The fourth-order valence-electron chi connectivity index (χ4n) is 6.34. The Hall–Kier alpha value is -5.86. The van der Waals surface area contributed by atoms with E-state index in [1.54, 1.807) is 22.7 Å². The van der Waals surface area contributed by atoms with Gasteiger partial charge in [-0.05, 0) is 53.4 Å². The van der Waals surface area contributed by atoms with Crippen molar-refractivity contribution in [1.29, 1.82) is 0 Å². The Kier molecular flexibility index (Phi) is 7.34. The maximum atomic E-state index is 5.13. The van der Waals surface area contributed by atoms with Crippen molar-refractivity contribution in [3.8, 4) is 65.5 Å². The van der Waals surface area contributed by atoms with E-state index in [1.807, 2.05) is 23.5 Å². The van der Waals surface area contributed by atoms with Crippen molar-refractivity contribution < 1.29 is 0 Å². The minimum atomic E-state index is 0.691. The number of aromatic nitrogens is 4. The van der Waals surface area contributed by atoms with Crippen molar-refractivity contribution in [2.24, 2.45) is 0 Å². The van der Waals surface area contributed by atoms with Gasteiger partial charge in [0.2, 0.25) is 0 Å². The smallest absolute Gasteiger partial charge is 0.160 e. The van der Waals surface area contributed by atoms with Crippen molar-refractivity contribution in [3.63, 3.8) is 0 Å². The third-order valence-electron chi connectivity index (χ3n) is 9.02. The molecule has 240 valence electrons. The molecule has 7 heteroatoms. The molecular weight excluding hydrogens is 681 g/mol. The lowest BCUT2D eigenvalue weighted by Gasteiger charge is -2.10. The fourth-order valence-corrected chi connectivity index (χ4v) is 9.35. The van der Waals surface area contributed by atoms with Crippen molar-refractivity contribution in [2.75, 3.05) is 0 Å². The zero-order valence-electron chi connectivity index (χ0n) is 27.0. The maximum Gasteiger partial charge on any atom is 0.160 e. The average Bonchev–Trinajstić information content (AvgIpc) is 3.95. The minimum Gasteiger partial charge on any atom is -0.236 e. The van der Waals surface area contributed by atoms with Gasteiger partial charge in [-0.1, -0.05) is 115 Å². The monoisotopic (exact) mass is 706 g/mol. The molecule has 0 unspecified atom stereocenters. The Balaban J connectivity index is 1.03. The highest BCUT2D eigenvalue weighted by Crippen LogP contribution is 2.37. The molecule has 0 aliphatic carbocycles. The lowest BCUT2D eigenvalue weighted by atomic mass is 10.0. The number of thiazole rings is 2. The van der Waals surface area contributed by atoms with Crippen LogP contribution >= 0.6 is 34.0 Å². The van der Waals surface area contributed by atoms with Crippen LogP contribution in [0.25, 0.3) is 96.0 Å². The van der Waals surface area contributed by atoms with E-state index in [2.05, 4.69) is 146 Å². The number of fused-ring (bicyclic) bond motifs is 3. The van der Waals surface area contributed by atoms with E-state index in [1.165, 1.54) is 29.9 Å². The summed E-state index contributed by atoms with van der Waals surface area (Å²) in [5.41, 5.74) is 10.2. The summed E-state index contributed by atoms with van der Waals surface area (Å²) in [4.78, 5) is 21.2. The zero-order chi connectivity index (χ0) is 33.7. The number of benzene rings is 6. The van der Waals surface area contributed by atoms with Gasteiger partial charge in [-0.3, -0.25) is 0 Å². The Labute approximate surface area is 306 Å². The highest BCUT2D eigenvalue weighted by molar-refractivity contribution is 7.22. The van der Waals surface area contributed by atoms with Crippen LogP contribution in [0.4, 0.5) is 0 Å². The first kappa shape index (κ1) is 30.0. The molecule has 0 aliphatic rings. The van der Waals surface area contributed by atoms with Crippen molar-refractivity contribution in [3.05, 3.63) is 158 Å². The molecule has 0 fully saturated rings. The van der Waals surface area contributed by atoms with Gasteiger partial charge in [0.05, 0.1) is 31.8 Å². The highest BCUT2D eigenvalue weighted by atomic mass is 32.1. The van der Waals surface area contributed by atoms with Crippen LogP contribution in [0.2, 0.25) is 0 Å². The summed E-state index contributed by atoms with van der Waals surface area (Å²) in [6.07, 6.45) is 0. The molecule has 10 rings (SSSR count). The van der Waals surface area contributed by atoms with Gasteiger partial charge in [-0.25, -0.2) is 19.9 Å². The molecule has 0 amide bonds. The highest BCUT2D eigenvalue weighted by Gasteiger charge is 2.14. The summed E-state index contributed by atoms with van der Waals surface area (Å²) >= 11 is 5.24. The quantitative estimate of drug-likeness (QED) is 0.173. The van der Waals surface area contributed by atoms with Gasteiger partial charge in [-0.15, -0.1) is 34.0 Å². The number of rotatable bonds is 6. The van der Waals surface area contributed by atoms with E-state index < -0.39 is 0 Å². The van der Waals surface area contributed by atoms with Crippen molar-refractivity contribution >= 4 is 64.5 Å². The van der Waals surface area contributed by atoms with E-state index in [4.69, 9.17) is 19.9 Å². The molecule has 0 saturated carbocycles. The third-order valence-corrected chi connectivity index (χ3v) is 12.4. The summed E-state index contributed by atoms with van der Waals surface area (Å²) in [5.74, 6) is 0.691. The predicted octanol–water partition coefficient (Wildman–Crippen LogP) is 12.9. The molecular formula is C44H26N4S3. The second kappa shape index (κ2) is 12.5. The van der Waals surface area contributed by atoms with E-state index in [9.17, 15) is 0 Å². The van der Waals surface area contributed by atoms with E-state index in [0.717, 1.165) is 60.3 Å². The standard InChI is InChI=1S/C44H26N4S3/c1-4-10-38-33(7-1)25-41(49-38)29-17-19-30(20-18-29)42-45-36(27-13-21-31(22-14-27)43-47-34-8-2-5-11-39(34)50-43)26-37(46-42)28-15-23-32(24-16-28)44-48-35-9-3-6-12-40(35)51-44/h1-26H. The third kappa shape index (κ3) is 5.71. The fraction of sp³-hybridized carbons (Fsp3) is 0. The van der Waals surface area contributed by atoms with E-state index in [-0.39, 0.29) is 0 Å². The lowest BCUT2D eigenvalue weighted by Crippen LogP contribution is -1.96. The molecule has 0 N–H and O–H groups in total. The Morgan fingerprint density at radius 2 is 0.784 bits per heavy atom. The molecule has 4 aromatic heterocycles. The van der Waals surface area contributed by atoms with Crippen LogP contribution in [-0.4, -0.2) is 19.9 Å². The summed E-state index contributed by atoms with van der Waals surface area (Å²) in [6.45, 7) is 0. The Morgan fingerprint density at radius 1 is 0.333 bits per heavy atom. The number of para-hydroxylation sites is 2. The molecule has 0 atom stereocenters. The van der Waals surface area contributed by atoms with Gasteiger partial charge in [0.25, 0.3) is 0 Å². The summed E-state index contributed by atoms with van der Waals surface area (Å²) in [5, 5.41) is 3.29. The first-order valence-electron chi connectivity index (χ1n) is 16.6. The molecule has 6 aromatic carbocycles. The van der Waals surface area contributed by atoms with Crippen LogP contribution < -0.4 is 0 Å². The Morgan fingerprint density at radius 3 is 1.31 bits per heavy atom. The minimum absolute atomic E-state index is 0.691. The molecule has 0 aliphatic heterocycles. The predicted molar refractivity (Wildman–Crippen MR) is 216 cm³/mol. The SMILES string of the molecule is c1ccc2sc(-c3ccc(-c4nc(-c5ccc(-c6nc7ccccc7s6)cc5)cc(-c5ccc(-c6nc7ccccc7s6)cc5)n4)cc3)cc2c1. The Bertz CT molecular complexity index is 2420. The topological polar surface area (TPSA) is 51.6 Å². The molecule has 4 heterocycles. The molecule has 10 aromatic rings. The van der Waals surface area contributed by atoms with Gasteiger partial charge in [-0.2, -0.15) is 0 Å². The van der Waals surface area contributed by atoms with Crippen LogP contribution in [0.3, 0.4) is 0 Å². The molecule has 51 heavy (non-hydrogen) atoms. The zero-order valence-corrected chi connectivity index (χ0v) is 29.5. The summed E-state index contributed by atoms with van der Waals surface area (Å²) in [7, 11) is 0. The first-order valence-corrected chi connectivity index (χ1v) is 19.1. The van der Waals surface area contributed by atoms with Crippen LogP contribution in [0.1, 0.15) is 0 Å². The van der Waals surface area contributed by atoms with Gasteiger partial charge in [0.15, 0.2) is 5.82 Å². The second-order valence-corrected chi connectivity index (χ2v) is 15.5.